The normalized spacial score (nSPS) is 27.1. The lowest BCUT2D eigenvalue weighted by molar-refractivity contribution is 0.0938. The number of rotatable bonds is 2. The Morgan fingerprint density at radius 3 is 2.09 bits per heavy atom. The van der Waals surface area contributed by atoms with E-state index in [0.717, 1.165) is 10.8 Å². The van der Waals surface area contributed by atoms with Gasteiger partial charge in [0.05, 0.1) is 19.0 Å². The number of hydrogen-bond donors (Lipinski definition) is 2. The number of aliphatic hydroxyl groups is 2. The fourth-order valence-corrected chi connectivity index (χ4v) is 5.16. The quantitative estimate of drug-likeness (QED) is 0.559. The third-order valence-electron chi connectivity index (χ3n) is 1.70. The van der Waals surface area contributed by atoms with Crippen LogP contribution in [0.1, 0.15) is 0 Å². The first-order valence-electron chi connectivity index (χ1n) is 3.12. The maximum Gasteiger partial charge on any atom is 0.202 e. The summed E-state index contributed by atoms with van der Waals surface area (Å²) in [6.45, 7) is -0.536. The molecule has 11 heavy (non-hydrogen) atoms. The van der Waals surface area contributed by atoms with Crippen molar-refractivity contribution in [2.45, 2.75) is 0 Å². The van der Waals surface area contributed by atoms with Crippen molar-refractivity contribution < 1.29 is 18.6 Å². The van der Waals surface area contributed by atoms with Crippen LogP contribution in [0.4, 0.5) is 0 Å². The van der Waals surface area contributed by atoms with Gasteiger partial charge in [-0.05, 0) is 10.8 Å². The van der Waals surface area contributed by atoms with E-state index in [-0.39, 0.29) is 19.0 Å². The summed E-state index contributed by atoms with van der Waals surface area (Å²) in [6.07, 6.45) is 0. The van der Waals surface area contributed by atoms with Crippen LogP contribution in [0.3, 0.4) is 0 Å². The highest BCUT2D eigenvalue weighted by Gasteiger charge is 2.42. The smallest absolute Gasteiger partial charge is 0.202 e. The Labute approximate surface area is 68.9 Å². The van der Waals surface area contributed by atoms with Crippen LogP contribution in [0.2, 0.25) is 0 Å². The van der Waals surface area contributed by atoms with Gasteiger partial charge in [0.1, 0.15) is 0 Å². The summed E-state index contributed by atoms with van der Waals surface area (Å²) in [5.41, 5.74) is -0.802. The number of hydrogen-bond acceptors (Lipinski definition) is 5. The summed E-state index contributed by atoms with van der Waals surface area (Å²) in [5, 5.41) is 17.6. The predicted octanol–water partition coefficient (Wildman–Crippen LogP) is -0.966. The first-order chi connectivity index (χ1) is 5.04. The van der Waals surface area contributed by atoms with Gasteiger partial charge in [-0.1, -0.05) is 0 Å². The minimum absolute atomic E-state index is 0.113. The van der Waals surface area contributed by atoms with E-state index in [0.29, 0.717) is 5.75 Å². The standard InChI is InChI=1S/C5H10O4S2/c6-1-5(2-7)3-10-11(8,9)4-5/h6-7H,1-4H2. The second kappa shape index (κ2) is 2.93. The van der Waals surface area contributed by atoms with Gasteiger partial charge in [-0.3, -0.25) is 0 Å². The monoisotopic (exact) mass is 198 g/mol. The highest BCUT2D eigenvalue weighted by atomic mass is 33.1. The Morgan fingerprint density at radius 2 is 1.91 bits per heavy atom. The molecule has 0 aromatic heterocycles. The molecule has 1 aliphatic heterocycles. The molecular formula is C5H10O4S2. The van der Waals surface area contributed by atoms with Gasteiger partial charge in [0, 0.05) is 11.2 Å². The van der Waals surface area contributed by atoms with Gasteiger partial charge in [-0.25, -0.2) is 8.42 Å². The van der Waals surface area contributed by atoms with Gasteiger partial charge < -0.3 is 10.2 Å². The average Bonchev–Trinajstić information content (AvgIpc) is 2.28. The average molecular weight is 198 g/mol. The lowest BCUT2D eigenvalue weighted by Crippen LogP contribution is -2.33. The lowest BCUT2D eigenvalue weighted by atomic mass is 9.96. The first kappa shape index (κ1) is 9.31. The molecule has 1 rings (SSSR count). The molecular weight excluding hydrogens is 188 g/mol. The molecule has 0 bridgehead atoms. The van der Waals surface area contributed by atoms with Crippen molar-refractivity contribution in [1.82, 2.24) is 0 Å². The van der Waals surface area contributed by atoms with Crippen molar-refractivity contribution in [1.29, 1.82) is 0 Å². The lowest BCUT2D eigenvalue weighted by Gasteiger charge is -2.19. The van der Waals surface area contributed by atoms with Gasteiger partial charge >= 0.3 is 0 Å². The van der Waals surface area contributed by atoms with E-state index in [4.69, 9.17) is 10.2 Å². The van der Waals surface area contributed by atoms with Crippen molar-refractivity contribution in [3.05, 3.63) is 0 Å². The van der Waals surface area contributed by atoms with Crippen LogP contribution in [0.15, 0.2) is 0 Å². The molecule has 0 aromatic rings. The molecule has 1 heterocycles. The molecule has 0 unspecified atom stereocenters. The second-order valence-corrected chi connectivity index (χ2v) is 6.94. The van der Waals surface area contributed by atoms with Gasteiger partial charge in [-0.15, -0.1) is 0 Å². The molecule has 4 nitrogen and oxygen atoms in total. The fraction of sp³-hybridized carbons (Fsp3) is 1.00. The molecule has 1 aliphatic rings. The summed E-state index contributed by atoms with van der Waals surface area (Å²) in [5.74, 6) is 0.181. The van der Waals surface area contributed by atoms with E-state index in [1.54, 1.807) is 0 Å². The van der Waals surface area contributed by atoms with E-state index in [2.05, 4.69) is 0 Å². The van der Waals surface area contributed by atoms with Gasteiger partial charge in [0.15, 0.2) is 0 Å². The summed E-state index contributed by atoms with van der Waals surface area (Å²) < 4.78 is 21.8. The Balaban J connectivity index is 2.78. The van der Waals surface area contributed by atoms with Crippen molar-refractivity contribution >= 4 is 19.7 Å². The van der Waals surface area contributed by atoms with Gasteiger partial charge in [0.25, 0.3) is 0 Å². The molecule has 0 atom stereocenters. The summed E-state index contributed by atoms with van der Waals surface area (Å²) in [6, 6.07) is 0. The van der Waals surface area contributed by atoms with Crippen molar-refractivity contribution in [3.8, 4) is 0 Å². The fourth-order valence-electron chi connectivity index (χ4n) is 0.906. The minimum atomic E-state index is -3.08. The van der Waals surface area contributed by atoms with Crippen LogP contribution in [-0.2, 0) is 8.87 Å². The van der Waals surface area contributed by atoms with E-state index >= 15 is 0 Å². The molecule has 2 N–H and O–H groups in total. The van der Waals surface area contributed by atoms with E-state index in [9.17, 15) is 8.42 Å². The summed E-state index contributed by atoms with van der Waals surface area (Å²) in [4.78, 5) is 0. The highest BCUT2D eigenvalue weighted by molar-refractivity contribution is 8.72. The highest BCUT2D eigenvalue weighted by Crippen LogP contribution is 2.37. The first-order valence-corrected chi connectivity index (χ1v) is 6.28. The largest absolute Gasteiger partial charge is 0.396 e. The molecule has 66 valence electrons. The van der Waals surface area contributed by atoms with Crippen LogP contribution < -0.4 is 0 Å². The predicted molar refractivity (Wildman–Crippen MR) is 42.8 cm³/mol. The zero-order valence-electron chi connectivity index (χ0n) is 5.86. The molecule has 0 saturated carbocycles. The van der Waals surface area contributed by atoms with Crippen LogP contribution >= 0.6 is 10.8 Å². The van der Waals surface area contributed by atoms with Crippen molar-refractivity contribution in [2.75, 3.05) is 24.7 Å². The second-order valence-electron chi connectivity index (χ2n) is 2.78. The van der Waals surface area contributed by atoms with E-state index < -0.39 is 14.3 Å². The molecule has 0 aromatic carbocycles. The van der Waals surface area contributed by atoms with Crippen LogP contribution in [-0.4, -0.2) is 43.4 Å². The van der Waals surface area contributed by atoms with E-state index in [1.165, 1.54) is 0 Å². The maximum atomic E-state index is 10.9. The Morgan fingerprint density at radius 1 is 1.36 bits per heavy atom. The van der Waals surface area contributed by atoms with Crippen LogP contribution in [0, 0.1) is 5.41 Å². The SMILES string of the molecule is O=S1(=O)CC(CO)(CO)CS1. The third kappa shape index (κ3) is 1.87. The minimum Gasteiger partial charge on any atom is -0.396 e. The Bertz CT molecular complexity index is 229. The Hall–Kier alpha value is 0.220. The molecule has 0 amide bonds. The van der Waals surface area contributed by atoms with Crippen LogP contribution in [0.25, 0.3) is 0 Å². The van der Waals surface area contributed by atoms with Crippen molar-refractivity contribution in [2.24, 2.45) is 5.41 Å². The van der Waals surface area contributed by atoms with Gasteiger partial charge in [0.2, 0.25) is 8.87 Å². The molecule has 1 fully saturated rings. The van der Waals surface area contributed by atoms with Crippen LogP contribution in [0.5, 0.6) is 0 Å². The summed E-state index contributed by atoms with van der Waals surface area (Å²) >= 11 is 0. The molecule has 0 aliphatic carbocycles. The Kier molecular flexibility index (Phi) is 2.48. The van der Waals surface area contributed by atoms with Gasteiger partial charge in [-0.2, -0.15) is 0 Å². The topological polar surface area (TPSA) is 74.6 Å². The molecule has 0 spiro atoms. The zero-order chi connectivity index (χ0) is 8.54. The molecule has 0 radical (unpaired) electrons. The molecule has 6 heteroatoms. The molecule has 1 saturated heterocycles. The zero-order valence-corrected chi connectivity index (χ0v) is 7.49. The third-order valence-corrected chi connectivity index (χ3v) is 5.54. The summed E-state index contributed by atoms with van der Waals surface area (Å²) in [7, 11) is -2.27. The van der Waals surface area contributed by atoms with Crippen molar-refractivity contribution in [3.63, 3.8) is 0 Å². The van der Waals surface area contributed by atoms with E-state index in [1.807, 2.05) is 0 Å². The number of aliphatic hydroxyl groups excluding tert-OH is 2. The maximum absolute atomic E-state index is 10.9.